The van der Waals surface area contributed by atoms with E-state index in [0.717, 1.165) is 0 Å². The number of halogens is 3. The summed E-state index contributed by atoms with van der Waals surface area (Å²) in [4.78, 5) is 3.79. The first-order valence-electron chi connectivity index (χ1n) is 3.77. The van der Waals surface area contributed by atoms with Crippen LogP contribution in [0.4, 0.5) is 10.2 Å². The van der Waals surface area contributed by atoms with Crippen LogP contribution in [0.2, 0.25) is 5.02 Å². The molecule has 1 aromatic rings. The first kappa shape index (κ1) is 10.5. The number of alkyl halides is 1. The van der Waals surface area contributed by atoms with Gasteiger partial charge in [-0.1, -0.05) is 11.6 Å². The number of rotatable bonds is 3. The molecule has 0 fully saturated rings. The zero-order valence-corrected chi connectivity index (χ0v) is 8.53. The van der Waals surface area contributed by atoms with Crippen LogP contribution in [0.15, 0.2) is 12.3 Å². The van der Waals surface area contributed by atoms with Crippen molar-refractivity contribution in [1.29, 1.82) is 0 Å². The fourth-order valence-corrected chi connectivity index (χ4v) is 1.01. The number of pyridine rings is 1. The third-order valence-corrected chi connectivity index (χ3v) is 2.09. The molecule has 0 aliphatic rings. The second kappa shape index (κ2) is 4.63. The van der Waals surface area contributed by atoms with E-state index in [1.807, 2.05) is 6.92 Å². The summed E-state index contributed by atoms with van der Waals surface area (Å²) in [6, 6.07) is 1.18. The van der Waals surface area contributed by atoms with Crippen LogP contribution in [0.1, 0.15) is 6.92 Å². The van der Waals surface area contributed by atoms with E-state index in [1.165, 1.54) is 12.3 Å². The standard InChI is InChI=1S/C8H9Cl2FN2/c1-5(3-9)13-8-7(11)2-6(10)4-12-8/h2,4-5H,3H2,1H3,(H,12,13). The highest BCUT2D eigenvalue weighted by Gasteiger charge is 2.06. The van der Waals surface area contributed by atoms with Crippen LogP contribution in [-0.4, -0.2) is 16.9 Å². The highest BCUT2D eigenvalue weighted by molar-refractivity contribution is 6.30. The van der Waals surface area contributed by atoms with E-state index >= 15 is 0 Å². The SMILES string of the molecule is CC(CCl)Nc1ncc(Cl)cc1F. The van der Waals surface area contributed by atoms with Crippen LogP contribution in [-0.2, 0) is 0 Å². The summed E-state index contributed by atoms with van der Waals surface area (Å²) in [6.45, 7) is 1.84. The van der Waals surface area contributed by atoms with Gasteiger partial charge in [0.1, 0.15) is 0 Å². The summed E-state index contributed by atoms with van der Waals surface area (Å²) >= 11 is 11.1. The van der Waals surface area contributed by atoms with Gasteiger partial charge in [0.05, 0.1) is 5.02 Å². The molecule has 2 nitrogen and oxygen atoms in total. The Labute approximate surface area is 86.1 Å². The minimum atomic E-state index is -0.468. The number of aromatic nitrogens is 1. The highest BCUT2D eigenvalue weighted by atomic mass is 35.5. The average molecular weight is 223 g/mol. The van der Waals surface area contributed by atoms with Gasteiger partial charge in [-0.15, -0.1) is 11.6 Å². The van der Waals surface area contributed by atoms with Crippen molar-refractivity contribution in [2.24, 2.45) is 0 Å². The van der Waals surface area contributed by atoms with E-state index in [9.17, 15) is 4.39 Å². The van der Waals surface area contributed by atoms with Crippen molar-refractivity contribution in [2.75, 3.05) is 11.2 Å². The Morgan fingerprint density at radius 2 is 2.38 bits per heavy atom. The van der Waals surface area contributed by atoms with Crippen LogP contribution >= 0.6 is 23.2 Å². The summed E-state index contributed by atoms with van der Waals surface area (Å²) in [7, 11) is 0. The summed E-state index contributed by atoms with van der Waals surface area (Å²) in [5, 5.41) is 3.09. The van der Waals surface area contributed by atoms with E-state index in [1.54, 1.807) is 0 Å². The Bertz CT molecular complexity index is 293. The van der Waals surface area contributed by atoms with E-state index in [-0.39, 0.29) is 16.9 Å². The molecule has 5 heteroatoms. The van der Waals surface area contributed by atoms with Gasteiger partial charge in [0, 0.05) is 18.1 Å². The van der Waals surface area contributed by atoms with Gasteiger partial charge in [0.25, 0.3) is 0 Å². The summed E-state index contributed by atoms with van der Waals surface area (Å²) in [6.07, 6.45) is 1.38. The molecular formula is C8H9Cl2FN2. The van der Waals surface area contributed by atoms with Crippen molar-refractivity contribution in [3.05, 3.63) is 23.1 Å². The topological polar surface area (TPSA) is 24.9 Å². The second-order valence-electron chi connectivity index (χ2n) is 2.68. The highest BCUT2D eigenvalue weighted by Crippen LogP contribution is 2.16. The number of hydrogen-bond acceptors (Lipinski definition) is 2. The molecule has 0 saturated carbocycles. The molecule has 0 aliphatic carbocycles. The number of hydrogen-bond donors (Lipinski definition) is 1. The fourth-order valence-electron chi connectivity index (χ4n) is 0.793. The fraction of sp³-hybridized carbons (Fsp3) is 0.375. The third kappa shape index (κ3) is 3.01. The number of nitrogens with zero attached hydrogens (tertiary/aromatic N) is 1. The van der Waals surface area contributed by atoms with Crippen LogP contribution in [0.25, 0.3) is 0 Å². The quantitative estimate of drug-likeness (QED) is 0.797. The average Bonchev–Trinajstić information content (AvgIpc) is 2.09. The minimum absolute atomic E-state index is 0.0233. The lowest BCUT2D eigenvalue weighted by molar-refractivity contribution is 0.622. The third-order valence-electron chi connectivity index (χ3n) is 1.42. The van der Waals surface area contributed by atoms with Gasteiger partial charge in [0.2, 0.25) is 0 Å². The van der Waals surface area contributed by atoms with Gasteiger partial charge >= 0.3 is 0 Å². The largest absolute Gasteiger partial charge is 0.364 e. The molecule has 0 radical (unpaired) electrons. The number of anilines is 1. The monoisotopic (exact) mass is 222 g/mol. The molecular weight excluding hydrogens is 214 g/mol. The molecule has 1 aromatic heterocycles. The predicted octanol–water partition coefficient (Wildman–Crippen LogP) is 2.91. The van der Waals surface area contributed by atoms with Gasteiger partial charge in [0.15, 0.2) is 11.6 Å². The molecule has 0 aliphatic heterocycles. The van der Waals surface area contributed by atoms with Crippen molar-refractivity contribution in [2.45, 2.75) is 13.0 Å². The summed E-state index contributed by atoms with van der Waals surface area (Å²) < 4.78 is 13.1. The molecule has 1 unspecified atom stereocenters. The van der Waals surface area contributed by atoms with E-state index in [0.29, 0.717) is 5.88 Å². The van der Waals surface area contributed by atoms with Gasteiger partial charge < -0.3 is 5.32 Å². The summed E-state index contributed by atoms with van der Waals surface area (Å²) in [5.41, 5.74) is 0. The molecule has 0 aromatic carbocycles. The van der Waals surface area contributed by atoms with Crippen molar-refractivity contribution >= 4 is 29.0 Å². The van der Waals surface area contributed by atoms with Crippen molar-refractivity contribution in [3.8, 4) is 0 Å². The second-order valence-corrected chi connectivity index (χ2v) is 3.43. The maximum absolute atomic E-state index is 13.1. The molecule has 0 spiro atoms. The van der Waals surface area contributed by atoms with Crippen LogP contribution in [0, 0.1) is 5.82 Å². The lowest BCUT2D eigenvalue weighted by atomic mass is 10.3. The molecule has 0 saturated heterocycles. The van der Waals surface area contributed by atoms with E-state index in [2.05, 4.69) is 10.3 Å². The lowest BCUT2D eigenvalue weighted by Gasteiger charge is -2.11. The Morgan fingerprint density at radius 3 is 2.92 bits per heavy atom. The Morgan fingerprint density at radius 1 is 1.69 bits per heavy atom. The first-order chi connectivity index (χ1) is 6.13. The van der Waals surface area contributed by atoms with Crippen LogP contribution in [0.3, 0.4) is 0 Å². The molecule has 0 bridgehead atoms. The Kier molecular flexibility index (Phi) is 3.75. The molecule has 13 heavy (non-hydrogen) atoms. The molecule has 1 rings (SSSR count). The van der Waals surface area contributed by atoms with E-state index in [4.69, 9.17) is 23.2 Å². The Balaban J connectivity index is 2.77. The van der Waals surface area contributed by atoms with Gasteiger partial charge in [-0.3, -0.25) is 0 Å². The van der Waals surface area contributed by atoms with Gasteiger partial charge in [-0.05, 0) is 13.0 Å². The van der Waals surface area contributed by atoms with Gasteiger partial charge in [-0.2, -0.15) is 0 Å². The maximum Gasteiger partial charge on any atom is 0.166 e. The molecule has 1 atom stereocenters. The van der Waals surface area contributed by atoms with Gasteiger partial charge in [-0.25, -0.2) is 9.37 Å². The van der Waals surface area contributed by atoms with E-state index < -0.39 is 5.82 Å². The zero-order valence-electron chi connectivity index (χ0n) is 7.02. The van der Waals surface area contributed by atoms with Crippen LogP contribution < -0.4 is 5.32 Å². The zero-order chi connectivity index (χ0) is 9.84. The molecule has 1 N–H and O–H groups in total. The number of nitrogens with one attached hydrogen (secondary N) is 1. The minimum Gasteiger partial charge on any atom is -0.364 e. The first-order valence-corrected chi connectivity index (χ1v) is 4.68. The smallest absolute Gasteiger partial charge is 0.166 e. The molecule has 1 heterocycles. The van der Waals surface area contributed by atoms with Crippen molar-refractivity contribution in [1.82, 2.24) is 4.98 Å². The molecule has 0 amide bonds. The maximum atomic E-state index is 13.1. The van der Waals surface area contributed by atoms with Crippen LogP contribution in [0.5, 0.6) is 0 Å². The normalized spacial score (nSPS) is 12.6. The predicted molar refractivity (Wildman–Crippen MR) is 53.0 cm³/mol. The van der Waals surface area contributed by atoms with Crippen molar-refractivity contribution in [3.63, 3.8) is 0 Å². The van der Waals surface area contributed by atoms with Crippen molar-refractivity contribution < 1.29 is 4.39 Å². The Hall–Kier alpha value is -0.540. The molecule has 72 valence electrons. The lowest BCUT2D eigenvalue weighted by Crippen LogP contribution is -2.18. The summed E-state index contributed by atoms with van der Waals surface area (Å²) in [5.74, 6) is 0.103.